The first-order chi connectivity index (χ1) is 16.8. The van der Waals surface area contributed by atoms with Crippen molar-refractivity contribution in [2.45, 2.75) is 6.92 Å². The molecule has 0 aliphatic carbocycles. The minimum Gasteiger partial charge on any atom is -0.400 e. The summed E-state index contributed by atoms with van der Waals surface area (Å²) in [6.45, 7) is 1.94. The highest BCUT2D eigenvalue weighted by molar-refractivity contribution is 7.23. The lowest BCUT2D eigenvalue weighted by Crippen LogP contribution is -2.24. The van der Waals surface area contributed by atoms with E-state index in [0.29, 0.717) is 20.5 Å². The molecule has 0 aliphatic heterocycles. The third kappa shape index (κ3) is 4.37. The Hall–Kier alpha value is -4.49. The number of hydrazone groups is 1. The van der Waals surface area contributed by atoms with E-state index in [1.54, 1.807) is 12.1 Å². The molecule has 0 bridgehead atoms. The zero-order chi connectivity index (χ0) is 24.7. The SMILES string of the molecule is Cc1ccc2nc(N(/N=C/c3ccc([N+](=O)[O-])o3)C(=O)c3cc4cc([N+](=O)[O-])ccc4s3)sc2c1. The molecule has 35 heavy (non-hydrogen) atoms. The lowest BCUT2D eigenvalue weighted by Gasteiger charge is -2.12. The topological polar surface area (TPSA) is 145 Å². The molecule has 11 nitrogen and oxygen atoms in total. The summed E-state index contributed by atoms with van der Waals surface area (Å²) >= 11 is 2.42. The summed E-state index contributed by atoms with van der Waals surface area (Å²) in [6.07, 6.45) is 1.19. The monoisotopic (exact) mass is 507 g/mol. The molecule has 0 spiro atoms. The summed E-state index contributed by atoms with van der Waals surface area (Å²) in [4.78, 5) is 39.2. The summed E-state index contributed by atoms with van der Waals surface area (Å²) in [5, 5.41) is 28.2. The lowest BCUT2D eigenvalue weighted by atomic mass is 10.2. The minimum atomic E-state index is -0.674. The van der Waals surface area contributed by atoms with E-state index in [4.69, 9.17) is 4.42 Å². The number of nitro groups is 2. The maximum atomic E-state index is 13.5. The van der Waals surface area contributed by atoms with Crippen molar-refractivity contribution in [1.29, 1.82) is 0 Å². The van der Waals surface area contributed by atoms with Crippen molar-refractivity contribution in [1.82, 2.24) is 4.98 Å². The van der Waals surface area contributed by atoms with Crippen molar-refractivity contribution in [3.05, 3.63) is 91.0 Å². The van der Waals surface area contributed by atoms with E-state index >= 15 is 0 Å². The molecule has 0 saturated carbocycles. The van der Waals surface area contributed by atoms with Gasteiger partial charge in [0.2, 0.25) is 5.13 Å². The van der Waals surface area contributed by atoms with Crippen molar-refractivity contribution in [3.63, 3.8) is 0 Å². The van der Waals surface area contributed by atoms with Gasteiger partial charge in [0.1, 0.15) is 4.92 Å². The number of nitrogens with zero attached hydrogens (tertiary/aromatic N) is 5. The molecule has 3 heterocycles. The molecule has 13 heteroatoms. The number of furan rings is 1. The van der Waals surface area contributed by atoms with Gasteiger partial charge in [-0.25, -0.2) is 4.98 Å². The van der Waals surface area contributed by atoms with E-state index in [9.17, 15) is 25.0 Å². The fourth-order valence-electron chi connectivity index (χ4n) is 3.28. The Bertz CT molecular complexity index is 1670. The summed E-state index contributed by atoms with van der Waals surface area (Å²) in [6, 6.07) is 14.2. The van der Waals surface area contributed by atoms with Crippen LogP contribution in [0.2, 0.25) is 0 Å². The first kappa shape index (κ1) is 22.3. The van der Waals surface area contributed by atoms with E-state index in [-0.39, 0.29) is 16.6 Å². The summed E-state index contributed by atoms with van der Waals surface area (Å²) in [5.41, 5.74) is 1.64. The number of hydrogen-bond acceptors (Lipinski definition) is 10. The third-order valence-corrected chi connectivity index (χ3v) is 7.02. The van der Waals surface area contributed by atoms with Gasteiger partial charge in [0.15, 0.2) is 5.76 Å². The van der Waals surface area contributed by atoms with Crippen LogP contribution in [-0.4, -0.2) is 27.0 Å². The van der Waals surface area contributed by atoms with E-state index < -0.39 is 21.6 Å². The molecule has 174 valence electrons. The van der Waals surface area contributed by atoms with Crippen molar-refractivity contribution in [2.75, 3.05) is 5.01 Å². The highest BCUT2D eigenvalue weighted by atomic mass is 32.1. The first-order valence-corrected chi connectivity index (χ1v) is 11.6. The summed E-state index contributed by atoms with van der Waals surface area (Å²) in [7, 11) is 0. The molecule has 0 saturated heterocycles. The second-order valence-electron chi connectivity index (χ2n) is 7.35. The molecule has 0 unspecified atom stereocenters. The predicted molar refractivity (Wildman–Crippen MR) is 133 cm³/mol. The number of amides is 1. The lowest BCUT2D eigenvalue weighted by molar-refractivity contribution is -0.402. The number of benzene rings is 2. The van der Waals surface area contributed by atoms with E-state index in [1.807, 2.05) is 25.1 Å². The van der Waals surface area contributed by atoms with E-state index in [1.165, 1.54) is 41.8 Å². The number of thiophene rings is 1. The van der Waals surface area contributed by atoms with Gasteiger partial charge in [-0.05, 0) is 42.8 Å². The molecule has 0 radical (unpaired) electrons. The maximum absolute atomic E-state index is 13.5. The Morgan fingerprint density at radius 3 is 2.60 bits per heavy atom. The normalized spacial score (nSPS) is 11.5. The number of carbonyl (C=O) groups excluding carboxylic acids is 1. The molecule has 0 fully saturated rings. The van der Waals surface area contributed by atoms with Crippen LogP contribution < -0.4 is 5.01 Å². The number of hydrogen-bond donors (Lipinski definition) is 0. The number of aryl methyl sites for hydroxylation is 1. The van der Waals surface area contributed by atoms with Gasteiger partial charge in [-0.3, -0.25) is 25.0 Å². The van der Waals surface area contributed by atoms with Crippen LogP contribution in [0.25, 0.3) is 20.3 Å². The summed E-state index contributed by atoms with van der Waals surface area (Å²) < 4.78 is 6.66. The number of rotatable bonds is 6. The average Bonchev–Trinajstić information content (AvgIpc) is 3.56. The van der Waals surface area contributed by atoms with Crippen LogP contribution in [0.3, 0.4) is 0 Å². The standard InChI is InChI=1S/C22H13N5O6S2/c1-12-2-5-16-18(8-12)35-22(24-16)25(23-11-15-4-7-20(33-15)27(31)32)21(28)19-10-13-9-14(26(29)30)3-6-17(13)34-19/h2-11H,1H3/b23-11+. The summed E-state index contributed by atoms with van der Waals surface area (Å²) in [5.74, 6) is -0.883. The number of non-ortho nitro benzene ring substituents is 1. The molecule has 5 rings (SSSR count). The van der Waals surface area contributed by atoms with Gasteiger partial charge in [0, 0.05) is 22.2 Å². The van der Waals surface area contributed by atoms with Gasteiger partial charge in [0.25, 0.3) is 11.6 Å². The molecule has 3 aromatic heterocycles. The van der Waals surface area contributed by atoms with E-state index in [0.717, 1.165) is 26.6 Å². The number of fused-ring (bicyclic) bond motifs is 2. The quantitative estimate of drug-likeness (QED) is 0.158. The molecule has 1 amide bonds. The highest BCUT2D eigenvalue weighted by Gasteiger charge is 2.24. The van der Waals surface area contributed by atoms with Gasteiger partial charge in [0.05, 0.1) is 32.3 Å². The van der Waals surface area contributed by atoms with Crippen LogP contribution in [0.15, 0.2) is 64.1 Å². The average molecular weight is 508 g/mol. The number of nitro benzene ring substituents is 1. The van der Waals surface area contributed by atoms with Crippen LogP contribution in [0.1, 0.15) is 21.0 Å². The Kier molecular flexibility index (Phi) is 5.55. The molecule has 5 aromatic rings. The highest BCUT2D eigenvalue weighted by Crippen LogP contribution is 2.34. The van der Waals surface area contributed by atoms with Crippen molar-refractivity contribution >= 4 is 71.8 Å². The molecular weight excluding hydrogens is 494 g/mol. The number of aromatic nitrogens is 1. The fraction of sp³-hybridized carbons (Fsp3) is 0.0455. The number of thiazole rings is 1. The van der Waals surface area contributed by atoms with Gasteiger partial charge in [-0.15, -0.1) is 11.3 Å². The molecular formula is C22H13N5O6S2. The minimum absolute atomic E-state index is 0.0786. The van der Waals surface area contributed by atoms with Crippen molar-refractivity contribution < 1.29 is 19.1 Å². The first-order valence-electron chi connectivity index (χ1n) is 9.96. The fourth-order valence-corrected chi connectivity index (χ4v) is 5.27. The second-order valence-corrected chi connectivity index (χ2v) is 9.45. The van der Waals surface area contributed by atoms with Crippen LogP contribution >= 0.6 is 22.7 Å². The molecule has 0 N–H and O–H groups in total. The largest absolute Gasteiger partial charge is 0.433 e. The van der Waals surface area contributed by atoms with Gasteiger partial charge < -0.3 is 4.42 Å². The Labute approximate surface area is 203 Å². The Morgan fingerprint density at radius 2 is 1.86 bits per heavy atom. The maximum Gasteiger partial charge on any atom is 0.433 e. The smallest absolute Gasteiger partial charge is 0.400 e. The van der Waals surface area contributed by atoms with Crippen LogP contribution in [0.4, 0.5) is 16.7 Å². The second kappa shape index (κ2) is 8.70. The van der Waals surface area contributed by atoms with Crippen LogP contribution in [-0.2, 0) is 0 Å². The Morgan fingerprint density at radius 1 is 1.03 bits per heavy atom. The predicted octanol–water partition coefficient (Wildman–Crippen LogP) is 5.91. The van der Waals surface area contributed by atoms with Gasteiger partial charge in [-0.1, -0.05) is 17.4 Å². The van der Waals surface area contributed by atoms with Gasteiger partial charge in [-0.2, -0.15) is 10.1 Å². The zero-order valence-corrected chi connectivity index (χ0v) is 19.4. The van der Waals surface area contributed by atoms with Crippen molar-refractivity contribution in [3.8, 4) is 0 Å². The molecule has 0 atom stereocenters. The zero-order valence-electron chi connectivity index (χ0n) is 17.8. The Balaban J connectivity index is 1.56. The van der Waals surface area contributed by atoms with Crippen LogP contribution in [0.5, 0.6) is 0 Å². The third-order valence-electron chi connectivity index (χ3n) is 4.92. The number of anilines is 1. The number of carbonyl (C=O) groups is 1. The van der Waals surface area contributed by atoms with Crippen molar-refractivity contribution in [2.24, 2.45) is 5.10 Å². The molecule has 2 aromatic carbocycles. The van der Waals surface area contributed by atoms with Crippen LogP contribution in [0, 0.1) is 27.2 Å². The van der Waals surface area contributed by atoms with Gasteiger partial charge >= 0.3 is 5.88 Å². The van der Waals surface area contributed by atoms with E-state index in [2.05, 4.69) is 10.1 Å². The molecule has 0 aliphatic rings.